The van der Waals surface area contributed by atoms with E-state index in [1.807, 2.05) is 0 Å². The fraction of sp³-hybridized carbons (Fsp3) is 0.143. The van der Waals surface area contributed by atoms with E-state index < -0.39 is 12.1 Å². The molecule has 0 fully saturated rings. The number of alkyl halides is 3. The van der Waals surface area contributed by atoms with Crippen LogP contribution in [0.15, 0.2) is 16.7 Å². The van der Waals surface area contributed by atoms with Crippen molar-refractivity contribution in [2.45, 2.75) is 6.18 Å². The molecule has 0 bridgehead atoms. The van der Waals surface area contributed by atoms with Crippen molar-refractivity contribution >= 4 is 11.6 Å². The monoisotopic (exact) mass is 250 g/mol. The van der Waals surface area contributed by atoms with Gasteiger partial charge in [-0.3, -0.25) is 0 Å². The molecule has 0 spiro atoms. The lowest BCUT2D eigenvalue weighted by molar-refractivity contribution is -0.159. The number of hydrogen-bond acceptors (Lipinski definition) is 5. The first-order valence-corrected chi connectivity index (χ1v) is 4.25. The Hall–Kier alpha value is -1.70. The minimum atomic E-state index is -4.68. The maximum absolute atomic E-state index is 12.1. The van der Waals surface area contributed by atoms with Gasteiger partial charge in [0.25, 0.3) is 0 Å². The fourth-order valence-corrected chi connectivity index (χ4v) is 0.979. The molecule has 0 saturated carbocycles. The van der Waals surface area contributed by atoms with Gasteiger partial charge in [0, 0.05) is 0 Å². The second-order valence-electron chi connectivity index (χ2n) is 2.66. The van der Waals surface area contributed by atoms with E-state index in [0.29, 0.717) is 0 Å². The van der Waals surface area contributed by atoms with E-state index in [9.17, 15) is 13.2 Å². The highest BCUT2D eigenvalue weighted by atomic mass is 35.5. The molecule has 0 amide bonds. The third-order valence-electron chi connectivity index (χ3n) is 1.53. The first kappa shape index (κ1) is 10.8. The van der Waals surface area contributed by atoms with Gasteiger partial charge in [-0.1, -0.05) is 16.8 Å². The average molecular weight is 251 g/mol. The molecule has 0 aromatic carbocycles. The second kappa shape index (κ2) is 3.71. The van der Waals surface area contributed by atoms with Crippen LogP contribution in [0.1, 0.15) is 5.89 Å². The van der Waals surface area contributed by atoms with E-state index in [1.54, 1.807) is 0 Å². The van der Waals surface area contributed by atoms with Crippen LogP contribution in [0.5, 0.6) is 0 Å². The topological polar surface area (TPSA) is 64.7 Å². The maximum atomic E-state index is 12.1. The lowest BCUT2D eigenvalue weighted by Gasteiger charge is -1.95. The molecule has 5 nitrogen and oxygen atoms in total. The molecule has 0 radical (unpaired) electrons. The van der Waals surface area contributed by atoms with Gasteiger partial charge in [-0.2, -0.15) is 18.2 Å². The molecule has 84 valence electrons. The minimum Gasteiger partial charge on any atom is -0.329 e. The molecule has 0 atom stereocenters. The number of hydrogen-bond donors (Lipinski definition) is 0. The van der Waals surface area contributed by atoms with Gasteiger partial charge in [-0.15, -0.1) is 10.2 Å². The zero-order chi connectivity index (χ0) is 11.8. The molecule has 2 heterocycles. The van der Waals surface area contributed by atoms with E-state index in [-0.39, 0.29) is 16.7 Å². The Bertz CT molecular complexity index is 495. The summed E-state index contributed by atoms with van der Waals surface area (Å²) in [7, 11) is 0. The highest BCUT2D eigenvalue weighted by Crippen LogP contribution is 2.28. The average Bonchev–Trinajstić information content (AvgIpc) is 2.67. The first-order chi connectivity index (χ1) is 7.47. The number of nitrogens with zero attached hydrogens (tertiary/aromatic N) is 4. The highest BCUT2D eigenvalue weighted by Gasteiger charge is 2.38. The van der Waals surface area contributed by atoms with Gasteiger partial charge in [0.1, 0.15) is 5.69 Å². The smallest absolute Gasteiger partial charge is 0.329 e. The summed E-state index contributed by atoms with van der Waals surface area (Å²) in [5, 5.41) is 10.2. The SMILES string of the molecule is FC(F)(F)c1nc(-c2ccc(Cl)nn2)no1. The summed E-state index contributed by atoms with van der Waals surface area (Å²) in [4.78, 5) is 3.13. The van der Waals surface area contributed by atoms with Crippen LogP contribution < -0.4 is 0 Å². The lowest BCUT2D eigenvalue weighted by Crippen LogP contribution is -2.04. The third kappa shape index (κ3) is 2.11. The summed E-state index contributed by atoms with van der Waals surface area (Å²) >= 11 is 5.46. The Morgan fingerprint density at radius 3 is 2.44 bits per heavy atom. The molecule has 2 rings (SSSR count). The predicted molar refractivity (Wildman–Crippen MR) is 45.3 cm³/mol. The van der Waals surface area contributed by atoms with Crippen molar-refractivity contribution in [1.29, 1.82) is 0 Å². The van der Waals surface area contributed by atoms with Crippen molar-refractivity contribution in [3.8, 4) is 11.5 Å². The molecule has 2 aromatic rings. The summed E-state index contributed by atoms with van der Waals surface area (Å²) in [6, 6.07) is 2.69. The van der Waals surface area contributed by atoms with Crippen LogP contribution in [0, 0.1) is 0 Å². The van der Waals surface area contributed by atoms with Crippen molar-refractivity contribution in [3.63, 3.8) is 0 Å². The molecule has 16 heavy (non-hydrogen) atoms. The van der Waals surface area contributed by atoms with Gasteiger partial charge in [-0.25, -0.2) is 0 Å². The second-order valence-corrected chi connectivity index (χ2v) is 3.05. The molecule has 2 aromatic heterocycles. The van der Waals surface area contributed by atoms with Gasteiger partial charge in [0.2, 0.25) is 5.82 Å². The summed E-state index contributed by atoms with van der Waals surface area (Å²) in [5.74, 6) is -1.73. The molecule has 0 aliphatic heterocycles. The zero-order valence-corrected chi connectivity index (χ0v) is 8.12. The standard InChI is InChI=1S/C7H2ClF3N4O/c8-4-2-1-3(13-14-4)5-12-6(16-15-5)7(9,10)11/h1-2H. The van der Waals surface area contributed by atoms with Gasteiger partial charge < -0.3 is 4.52 Å². The van der Waals surface area contributed by atoms with Crippen molar-refractivity contribution in [3.05, 3.63) is 23.2 Å². The van der Waals surface area contributed by atoms with E-state index in [4.69, 9.17) is 11.6 Å². The highest BCUT2D eigenvalue weighted by molar-refractivity contribution is 6.29. The lowest BCUT2D eigenvalue weighted by atomic mass is 10.4. The Morgan fingerprint density at radius 2 is 1.94 bits per heavy atom. The van der Waals surface area contributed by atoms with Gasteiger partial charge in [0.15, 0.2) is 5.15 Å². The Labute approximate surface area is 91.2 Å². The summed E-state index contributed by atoms with van der Waals surface area (Å²) in [6.45, 7) is 0. The normalized spacial score (nSPS) is 11.8. The minimum absolute atomic E-state index is 0.0450. The Morgan fingerprint density at radius 1 is 1.19 bits per heavy atom. The molecule has 0 unspecified atom stereocenters. The number of aromatic nitrogens is 4. The van der Waals surface area contributed by atoms with Crippen LogP contribution >= 0.6 is 11.6 Å². The quantitative estimate of drug-likeness (QED) is 0.776. The van der Waals surface area contributed by atoms with Gasteiger partial charge in [0.05, 0.1) is 0 Å². The summed E-state index contributed by atoms with van der Waals surface area (Å²) in [6.07, 6.45) is -4.68. The zero-order valence-electron chi connectivity index (χ0n) is 7.36. The van der Waals surface area contributed by atoms with E-state index in [2.05, 4.69) is 24.9 Å². The molecule has 0 saturated heterocycles. The predicted octanol–water partition coefficient (Wildman–Crippen LogP) is 2.20. The van der Waals surface area contributed by atoms with Crippen molar-refractivity contribution in [1.82, 2.24) is 20.3 Å². The van der Waals surface area contributed by atoms with Crippen LogP contribution in [0.3, 0.4) is 0 Å². The van der Waals surface area contributed by atoms with Crippen molar-refractivity contribution in [2.75, 3.05) is 0 Å². The van der Waals surface area contributed by atoms with Crippen LogP contribution in [-0.2, 0) is 6.18 Å². The number of halogens is 4. The summed E-state index contributed by atoms with van der Waals surface area (Å²) in [5.41, 5.74) is 0.0450. The van der Waals surface area contributed by atoms with Crippen LogP contribution in [0.4, 0.5) is 13.2 Å². The van der Waals surface area contributed by atoms with Crippen molar-refractivity contribution in [2.24, 2.45) is 0 Å². The van der Waals surface area contributed by atoms with Gasteiger partial charge >= 0.3 is 12.1 Å². The Kier molecular flexibility index (Phi) is 2.50. The largest absolute Gasteiger partial charge is 0.471 e. The third-order valence-corrected chi connectivity index (χ3v) is 1.73. The van der Waals surface area contributed by atoms with Gasteiger partial charge in [-0.05, 0) is 12.1 Å². The maximum Gasteiger partial charge on any atom is 0.471 e. The van der Waals surface area contributed by atoms with Crippen LogP contribution in [0.2, 0.25) is 5.15 Å². The molecule has 0 aliphatic rings. The molecular formula is C7H2ClF3N4O. The molecule has 0 N–H and O–H groups in total. The van der Waals surface area contributed by atoms with E-state index >= 15 is 0 Å². The number of rotatable bonds is 1. The fourth-order valence-electron chi connectivity index (χ4n) is 0.878. The van der Waals surface area contributed by atoms with E-state index in [1.165, 1.54) is 12.1 Å². The summed E-state index contributed by atoms with van der Waals surface area (Å²) < 4.78 is 40.4. The molecular weight excluding hydrogens is 249 g/mol. The van der Waals surface area contributed by atoms with Crippen molar-refractivity contribution < 1.29 is 17.7 Å². The molecule has 9 heteroatoms. The van der Waals surface area contributed by atoms with E-state index in [0.717, 1.165) is 0 Å². The Balaban J connectivity index is 2.35. The first-order valence-electron chi connectivity index (χ1n) is 3.87. The van der Waals surface area contributed by atoms with Crippen LogP contribution in [-0.4, -0.2) is 20.3 Å². The molecule has 0 aliphatic carbocycles. The van der Waals surface area contributed by atoms with Crippen LogP contribution in [0.25, 0.3) is 11.5 Å².